The molecule has 1 aromatic carbocycles. The summed E-state index contributed by atoms with van der Waals surface area (Å²) < 4.78 is 12.7. The maximum Gasteiger partial charge on any atom is 0.0895 e. The van der Waals surface area contributed by atoms with Gasteiger partial charge in [-0.1, -0.05) is 34.1 Å². The molecule has 0 spiro atoms. The molecule has 1 saturated heterocycles. The van der Waals surface area contributed by atoms with Crippen LogP contribution in [0.1, 0.15) is 25.3 Å². The van der Waals surface area contributed by atoms with Crippen LogP contribution in [0.3, 0.4) is 0 Å². The van der Waals surface area contributed by atoms with Crippen molar-refractivity contribution < 1.29 is 9.47 Å². The van der Waals surface area contributed by atoms with E-state index in [9.17, 15) is 0 Å². The molecular weight excluding hydrogens is 320 g/mol. The average molecular weight is 343 g/mol. The first kappa shape index (κ1) is 15.9. The van der Waals surface area contributed by atoms with Crippen LogP contribution in [-0.4, -0.2) is 31.5 Å². The number of hydrazine groups is 1. The highest BCUT2D eigenvalue weighted by Gasteiger charge is 2.40. The molecule has 0 amide bonds. The van der Waals surface area contributed by atoms with Gasteiger partial charge in [-0.25, -0.2) is 0 Å². The van der Waals surface area contributed by atoms with Gasteiger partial charge in [0.15, 0.2) is 0 Å². The fraction of sp³-hybridized carbons (Fsp3) is 0.600. The Morgan fingerprint density at radius 3 is 2.70 bits per heavy atom. The Morgan fingerprint density at radius 2 is 2.10 bits per heavy atom. The second-order valence-electron chi connectivity index (χ2n) is 5.12. The molecule has 1 unspecified atom stereocenters. The summed E-state index contributed by atoms with van der Waals surface area (Å²) in [5.74, 6) is 5.83. The number of nitrogens with two attached hydrogens (primary N) is 1. The third-order valence-corrected chi connectivity index (χ3v) is 4.76. The summed E-state index contributed by atoms with van der Waals surface area (Å²) in [5.41, 5.74) is 3.97. The molecule has 0 saturated carbocycles. The molecule has 112 valence electrons. The lowest BCUT2D eigenvalue weighted by molar-refractivity contribution is -0.126. The minimum Gasteiger partial charge on any atom is -0.381 e. The average Bonchev–Trinajstić information content (AvgIpc) is 2.47. The molecule has 20 heavy (non-hydrogen) atoms. The van der Waals surface area contributed by atoms with Crippen molar-refractivity contribution in [3.8, 4) is 0 Å². The Kier molecular flexibility index (Phi) is 5.99. The minimum atomic E-state index is -0.239. The molecule has 2 rings (SSSR count). The van der Waals surface area contributed by atoms with E-state index in [2.05, 4.69) is 33.5 Å². The van der Waals surface area contributed by atoms with Crippen molar-refractivity contribution in [2.75, 3.05) is 19.8 Å². The smallest absolute Gasteiger partial charge is 0.0895 e. The predicted octanol–water partition coefficient (Wildman–Crippen LogP) is 2.41. The maximum absolute atomic E-state index is 6.10. The number of hydrogen-bond donors (Lipinski definition) is 2. The highest BCUT2D eigenvalue weighted by molar-refractivity contribution is 9.10. The first-order valence-corrected chi connectivity index (χ1v) is 7.92. The quantitative estimate of drug-likeness (QED) is 0.615. The molecule has 0 aromatic heterocycles. The van der Waals surface area contributed by atoms with Crippen LogP contribution < -0.4 is 11.3 Å². The van der Waals surface area contributed by atoms with Crippen LogP contribution in [0, 0.1) is 0 Å². The van der Waals surface area contributed by atoms with Gasteiger partial charge in [-0.3, -0.25) is 11.3 Å². The first-order chi connectivity index (χ1) is 9.72. The van der Waals surface area contributed by atoms with Gasteiger partial charge in [0.05, 0.1) is 11.6 Å². The van der Waals surface area contributed by atoms with Crippen molar-refractivity contribution in [3.05, 3.63) is 34.3 Å². The van der Waals surface area contributed by atoms with E-state index < -0.39 is 0 Å². The number of halogens is 1. The zero-order valence-electron chi connectivity index (χ0n) is 11.9. The predicted molar refractivity (Wildman–Crippen MR) is 83.4 cm³/mol. The van der Waals surface area contributed by atoms with Crippen molar-refractivity contribution in [2.45, 2.75) is 37.8 Å². The van der Waals surface area contributed by atoms with Crippen molar-refractivity contribution in [3.63, 3.8) is 0 Å². The summed E-state index contributed by atoms with van der Waals surface area (Å²) in [7, 11) is 0. The maximum atomic E-state index is 6.10. The normalized spacial score (nSPS) is 19.8. The molecule has 1 aliphatic rings. The summed E-state index contributed by atoms with van der Waals surface area (Å²) >= 11 is 3.60. The molecule has 1 heterocycles. The van der Waals surface area contributed by atoms with E-state index in [0.29, 0.717) is 6.61 Å². The summed E-state index contributed by atoms with van der Waals surface area (Å²) in [6.07, 6.45) is 2.58. The summed E-state index contributed by atoms with van der Waals surface area (Å²) in [6.45, 7) is 4.18. The lowest BCUT2D eigenvalue weighted by atomic mass is 9.83. The van der Waals surface area contributed by atoms with E-state index in [1.807, 2.05) is 19.1 Å². The molecule has 0 bridgehead atoms. The Bertz CT molecular complexity index is 417. The van der Waals surface area contributed by atoms with Gasteiger partial charge in [0.25, 0.3) is 0 Å². The van der Waals surface area contributed by atoms with E-state index in [1.54, 1.807) is 0 Å². The van der Waals surface area contributed by atoms with Crippen LogP contribution in [0.25, 0.3) is 0 Å². The second-order valence-corrected chi connectivity index (χ2v) is 5.98. The Labute approximate surface area is 129 Å². The highest BCUT2D eigenvalue weighted by atomic mass is 79.9. The van der Waals surface area contributed by atoms with Crippen LogP contribution >= 0.6 is 15.9 Å². The van der Waals surface area contributed by atoms with E-state index in [0.717, 1.165) is 36.9 Å². The Hall–Kier alpha value is -0.460. The number of ether oxygens (including phenoxy) is 2. The highest BCUT2D eigenvalue weighted by Crippen LogP contribution is 2.31. The van der Waals surface area contributed by atoms with Crippen LogP contribution in [0.2, 0.25) is 0 Å². The van der Waals surface area contributed by atoms with E-state index in [-0.39, 0.29) is 11.6 Å². The molecule has 4 nitrogen and oxygen atoms in total. The largest absolute Gasteiger partial charge is 0.381 e. The number of nitrogens with one attached hydrogen (secondary N) is 1. The Balaban J connectivity index is 2.18. The van der Waals surface area contributed by atoms with E-state index >= 15 is 0 Å². The van der Waals surface area contributed by atoms with Crippen molar-refractivity contribution in [2.24, 2.45) is 5.84 Å². The van der Waals surface area contributed by atoms with Gasteiger partial charge in [0.1, 0.15) is 0 Å². The summed E-state index contributed by atoms with van der Waals surface area (Å²) in [4.78, 5) is 0. The molecule has 1 aromatic rings. The monoisotopic (exact) mass is 342 g/mol. The molecule has 1 fully saturated rings. The molecule has 1 atom stereocenters. The summed E-state index contributed by atoms with van der Waals surface area (Å²) in [6, 6.07) is 8.31. The van der Waals surface area contributed by atoms with Crippen LogP contribution in [0.15, 0.2) is 28.7 Å². The van der Waals surface area contributed by atoms with Crippen molar-refractivity contribution >= 4 is 15.9 Å². The van der Waals surface area contributed by atoms with E-state index in [4.69, 9.17) is 15.3 Å². The fourth-order valence-electron chi connectivity index (χ4n) is 2.88. The van der Waals surface area contributed by atoms with Gasteiger partial charge in [-0.05, 0) is 25.0 Å². The molecule has 0 aliphatic carbocycles. The van der Waals surface area contributed by atoms with Gasteiger partial charge >= 0.3 is 0 Å². The molecule has 5 heteroatoms. The second kappa shape index (κ2) is 7.52. The molecule has 0 radical (unpaired) electrons. The molecule has 1 aliphatic heterocycles. The minimum absolute atomic E-state index is 0.0741. The standard InChI is InChI=1S/C15H23BrN2O2/c1-2-20-15(7-9-19-10-8-15)14(18-17)11-12-5-3-4-6-13(12)16/h3-6,14,18H,2,7-11,17H2,1H3. The lowest BCUT2D eigenvalue weighted by Crippen LogP contribution is -2.58. The van der Waals surface area contributed by atoms with Gasteiger partial charge < -0.3 is 9.47 Å². The van der Waals surface area contributed by atoms with Gasteiger partial charge in [0, 0.05) is 37.1 Å². The van der Waals surface area contributed by atoms with Crippen molar-refractivity contribution in [1.29, 1.82) is 0 Å². The molecular formula is C15H23BrN2O2. The number of rotatable bonds is 6. The fourth-order valence-corrected chi connectivity index (χ4v) is 3.33. The lowest BCUT2D eigenvalue weighted by Gasteiger charge is -2.43. The summed E-state index contributed by atoms with van der Waals surface area (Å²) in [5, 5.41) is 0. The number of hydrogen-bond acceptors (Lipinski definition) is 4. The Morgan fingerprint density at radius 1 is 1.40 bits per heavy atom. The van der Waals surface area contributed by atoms with Gasteiger partial charge in [-0.15, -0.1) is 0 Å². The van der Waals surface area contributed by atoms with E-state index in [1.165, 1.54) is 5.56 Å². The van der Waals surface area contributed by atoms with Gasteiger partial charge in [-0.2, -0.15) is 0 Å². The number of benzene rings is 1. The van der Waals surface area contributed by atoms with Gasteiger partial charge in [0.2, 0.25) is 0 Å². The third kappa shape index (κ3) is 3.59. The van der Waals surface area contributed by atoms with Crippen molar-refractivity contribution in [1.82, 2.24) is 5.43 Å². The zero-order valence-corrected chi connectivity index (χ0v) is 13.5. The topological polar surface area (TPSA) is 56.5 Å². The van der Waals surface area contributed by atoms with Crippen LogP contribution in [0.5, 0.6) is 0 Å². The third-order valence-electron chi connectivity index (χ3n) is 3.99. The zero-order chi connectivity index (χ0) is 14.4. The van der Waals surface area contributed by atoms with Crippen LogP contribution in [0.4, 0.5) is 0 Å². The van der Waals surface area contributed by atoms with Crippen LogP contribution in [-0.2, 0) is 15.9 Å². The SMILES string of the molecule is CCOC1(C(Cc2ccccc2Br)NN)CCOCC1. The molecule has 3 N–H and O–H groups in total. The first-order valence-electron chi connectivity index (χ1n) is 7.13.